The molecule has 5 heteroatoms. The van der Waals surface area contributed by atoms with Crippen molar-refractivity contribution < 1.29 is 13.9 Å². The van der Waals surface area contributed by atoms with Crippen LogP contribution in [0.3, 0.4) is 0 Å². The third-order valence-corrected chi connectivity index (χ3v) is 5.29. The van der Waals surface area contributed by atoms with E-state index in [4.69, 9.17) is 4.74 Å². The number of ether oxygens (including phenoxy) is 1. The highest BCUT2D eigenvalue weighted by atomic mass is 19.1. The summed E-state index contributed by atoms with van der Waals surface area (Å²) in [5, 5.41) is 3.13. The summed E-state index contributed by atoms with van der Waals surface area (Å²) in [6, 6.07) is 14.9. The number of amides is 1. The van der Waals surface area contributed by atoms with Crippen molar-refractivity contribution in [2.24, 2.45) is 5.92 Å². The van der Waals surface area contributed by atoms with Crippen molar-refractivity contribution in [1.82, 2.24) is 10.2 Å². The number of hydrogen-bond acceptors (Lipinski definition) is 3. The molecular formula is C23H29FN2O2. The van der Waals surface area contributed by atoms with Gasteiger partial charge in [0.1, 0.15) is 5.82 Å². The van der Waals surface area contributed by atoms with Crippen LogP contribution >= 0.6 is 0 Å². The van der Waals surface area contributed by atoms with Gasteiger partial charge in [0.2, 0.25) is 5.91 Å². The predicted molar refractivity (Wildman–Crippen MR) is 109 cm³/mol. The molecule has 28 heavy (non-hydrogen) atoms. The first-order chi connectivity index (χ1) is 13.5. The van der Waals surface area contributed by atoms with Crippen LogP contribution < -0.4 is 5.32 Å². The molecule has 1 N–H and O–H groups in total. The number of benzene rings is 2. The summed E-state index contributed by atoms with van der Waals surface area (Å²) in [6.45, 7) is 7.72. The molecule has 1 heterocycles. The van der Waals surface area contributed by atoms with Crippen molar-refractivity contribution in [3.05, 3.63) is 71.0 Å². The highest BCUT2D eigenvalue weighted by molar-refractivity contribution is 5.78. The lowest BCUT2D eigenvalue weighted by Gasteiger charge is -2.35. The van der Waals surface area contributed by atoms with Gasteiger partial charge in [-0.2, -0.15) is 0 Å². The van der Waals surface area contributed by atoms with Crippen molar-refractivity contribution in [3.8, 4) is 0 Å². The Morgan fingerprint density at radius 1 is 1.18 bits per heavy atom. The van der Waals surface area contributed by atoms with Gasteiger partial charge in [-0.25, -0.2) is 4.39 Å². The largest absolute Gasteiger partial charge is 0.379 e. The summed E-state index contributed by atoms with van der Waals surface area (Å²) in [5.74, 6) is -0.407. The lowest BCUT2D eigenvalue weighted by atomic mass is 9.99. The second-order valence-corrected chi connectivity index (χ2v) is 7.56. The van der Waals surface area contributed by atoms with Crippen LogP contribution in [0.2, 0.25) is 0 Å². The van der Waals surface area contributed by atoms with Gasteiger partial charge in [-0.3, -0.25) is 9.69 Å². The van der Waals surface area contributed by atoms with E-state index in [-0.39, 0.29) is 23.7 Å². The molecule has 2 aromatic rings. The Morgan fingerprint density at radius 2 is 1.89 bits per heavy atom. The van der Waals surface area contributed by atoms with E-state index in [1.807, 2.05) is 6.92 Å². The maximum absolute atomic E-state index is 13.1. The van der Waals surface area contributed by atoms with Crippen LogP contribution in [0.25, 0.3) is 0 Å². The summed E-state index contributed by atoms with van der Waals surface area (Å²) in [7, 11) is 0. The number of morpholine rings is 1. The Bertz CT molecular complexity index is 772. The molecule has 2 atom stereocenters. The summed E-state index contributed by atoms with van der Waals surface area (Å²) in [5.41, 5.74) is 3.40. The van der Waals surface area contributed by atoms with Crippen molar-refractivity contribution in [2.45, 2.75) is 26.3 Å². The standard InChI is InChI=1S/C23H29FN2O2/c1-17-4-3-5-20(14-17)22(26-10-12-28-13-11-26)16-25-23(27)18(2)15-19-6-8-21(24)9-7-19/h3-9,14,18,22H,10-13,15-16H2,1-2H3,(H,25,27). The van der Waals surface area contributed by atoms with Crippen LogP contribution in [0, 0.1) is 18.7 Å². The minimum absolute atomic E-state index is 0.0234. The molecule has 0 saturated carbocycles. The highest BCUT2D eigenvalue weighted by Gasteiger charge is 2.24. The fraction of sp³-hybridized carbons (Fsp3) is 0.435. The third-order valence-electron chi connectivity index (χ3n) is 5.29. The molecule has 1 aliphatic heterocycles. The van der Waals surface area contributed by atoms with Crippen molar-refractivity contribution >= 4 is 5.91 Å². The Kier molecular flexibility index (Phi) is 7.18. The maximum atomic E-state index is 13.1. The first kappa shape index (κ1) is 20.5. The summed E-state index contributed by atoms with van der Waals surface area (Å²) in [6.07, 6.45) is 0.596. The summed E-state index contributed by atoms with van der Waals surface area (Å²) < 4.78 is 18.6. The number of rotatable bonds is 7. The van der Waals surface area contributed by atoms with Gasteiger partial charge in [0.05, 0.1) is 19.3 Å². The molecule has 0 aliphatic carbocycles. The van der Waals surface area contributed by atoms with E-state index < -0.39 is 0 Å². The van der Waals surface area contributed by atoms with E-state index in [1.54, 1.807) is 12.1 Å². The van der Waals surface area contributed by atoms with Crippen LogP contribution in [0.5, 0.6) is 0 Å². The SMILES string of the molecule is Cc1cccc(C(CNC(=O)C(C)Cc2ccc(F)cc2)N2CCOCC2)c1. The van der Waals surface area contributed by atoms with E-state index in [1.165, 1.54) is 23.3 Å². The molecule has 3 rings (SSSR count). The lowest BCUT2D eigenvalue weighted by molar-refractivity contribution is -0.124. The average molecular weight is 384 g/mol. The van der Waals surface area contributed by atoms with E-state index in [0.29, 0.717) is 13.0 Å². The monoisotopic (exact) mass is 384 g/mol. The van der Waals surface area contributed by atoms with Crippen LogP contribution in [-0.4, -0.2) is 43.7 Å². The van der Waals surface area contributed by atoms with Crippen molar-refractivity contribution in [3.63, 3.8) is 0 Å². The van der Waals surface area contributed by atoms with Crippen molar-refractivity contribution in [2.75, 3.05) is 32.8 Å². The summed E-state index contributed by atoms with van der Waals surface area (Å²) >= 11 is 0. The molecule has 150 valence electrons. The smallest absolute Gasteiger partial charge is 0.223 e. The zero-order chi connectivity index (χ0) is 19.9. The maximum Gasteiger partial charge on any atom is 0.223 e. The number of halogens is 1. The van der Waals surface area contributed by atoms with Gasteiger partial charge >= 0.3 is 0 Å². The number of hydrogen-bond donors (Lipinski definition) is 1. The molecule has 0 radical (unpaired) electrons. The van der Waals surface area contributed by atoms with Gasteiger partial charge in [0.15, 0.2) is 0 Å². The molecule has 0 aromatic heterocycles. The van der Waals surface area contributed by atoms with Crippen LogP contribution in [0.15, 0.2) is 48.5 Å². The van der Waals surface area contributed by atoms with Gasteiger partial charge in [-0.15, -0.1) is 0 Å². The second-order valence-electron chi connectivity index (χ2n) is 7.56. The molecule has 0 spiro atoms. The van der Waals surface area contributed by atoms with Crippen LogP contribution in [0.4, 0.5) is 4.39 Å². The van der Waals surface area contributed by atoms with Crippen LogP contribution in [0.1, 0.15) is 29.7 Å². The molecule has 1 saturated heterocycles. The zero-order valence-electron chi connectivity index (χ0n) is 16.7. The van der Waals surface area contributed by atoms with Crippen LogP contribution in [-0.2, 0) is 16.0 Å². The Morgan fingerprint density at radius 3 is 2.57 bits per heavy atom. The fourth-order valence-corrected chi connectivity index (χ4v) is 3.66. The molecule has 2 unspecified atom stereocenters. The minimum Gasteiger partial charge on any atom is -0.379 e. The van der Waals surface area contributed by atoms with Gasteiger partial charge < -0.3 is 10.1 Å². The van der Waals surface area contributed by atoms with Gasteiger partial charge in [0.25, 0.3) is 0 Å². The number of carbonyl (C=O) groups is 1. The molecule has 1 amide bonds. The molecule has 0 bridgehead atoms. The first-order valence-electron chi connectivity index (χ1n) is 9.93. The average Bonchev–Trinajstić information content (AvgIpc) is 2.70. The number of nitrogens with zero attached hydrogens (tertiary/aromatic N) is 1. The fourth-order valence-electron chi connectivity index (χ4n) is 3.66. The number of carbonyl (C=O) groups excluding carboxylic acids is 1. The predicted octanol–water partition coefficient (Wildman–Crippen LogP) is 3.50. The number of nitrogens with one attached hydrogen (secondary N) is 1. The minimum atomic E-state index is -0.257. The molecule has 4 nitrogen and oxygen atoms in total. The van der Waals surface area contributed by atoms with E-state index in [0.717, 1.165) is 31.9 Å². The van der Waals surface area contributed by atoms with Gasteiger partial charge in [-0.1, -0.05) is 48.9 Å². The quantitative estimate of drug-likeness (QED) is 0.794. The van der Waals surface area contributed by atoms with Gasteiger partial charge in [0, 0.05) is 25.6 Å². The molecule has 1 aliphatic rings. The van der Waals surface area contributed by atoms with E-state index >= 15 is 0 Å². The molecular weight excluding hydrogens is 355 g/mol. The Hall–Kier alpha value is -2.24. The Labute approximate surface area is 166 Å². The number of aryl methyl sites for hydroxylation is 1. The summed E-state index contributed by atoms with van der Waals surface area (Å²) in [4.78, 5) is 15.0. The highest BCUT2D eigenvalue weighted by Crippen LogP contribution is 2.22. The van der Waals surface area contributed by atoms with E-state index in [9.17, 15) is 9.18 Å². The molecule has 1 fully saturated rings. The van der Waals surface area contributed by atoms with Gasteiger partial charge in [-0.05, 0) is 36.6 Å². The second kappa shape index (κ2) is 9.80. The topological polar surface area (TPSA) is 41.6 Å². The third kappa shape index (κ3) is 5.63. The first-order valence-corrected chi connectivity index (χ1v) is 9.93. The zero-order valence-corrected chi connectivity index (χ0v) is 16.7. The lowest BCUT2D eigenvalue weighted by Crippen LogP contribution is -2.44. The molecule has 2 aromatic carbocycles. The van der Waals surface area contributed by atoms with Crippen molar-refractivity contribution in [1.29, 1.82) is 0 Å². The Balaban J connectivity index is 1.63. The normalized spacial score (nSPS) is 17.1. The van der Waals surface area contributed by atoms with E-state index in [2.05, 4.69) is 41.4 Å².